The fraction of sp³-hybridized carbons (Fsp3) is 0.462. The molecule has 0 amide bonds. The van der Waals surface area contributed by atoms with Crippen molar-refractivity contribution >= 4 is 17.2 Å². The third-order valence-electron chi connectivity index (χ3n) is 2.73. The van der Waals surface area contributed by atoms with Crippen LogP contribution in [0.1, 0.15) is 12.1 Å². The van der Waals surface area contributed by atoms with E-state index in [1.54, 1.807) is 0 Å². The maximum Gasteiger partial charge on any atom is 0.137 e. The Kier molecular flexibility index (Phi) is 4.58. The molecule has 2 aromatic heterocycles. The second-order valence-corrected chi connectivity index (χ2v) is 5.12. The van der Waals surface area contributed by atoms with Crippen LogP contribution < -0.4 is 5.32 Å². The van der Waals surface area contributed by atoms with Gasteiger partial charge in [-0.25, -0.2) is 4.98 Å². The number of aromatic nitrogens is 2. The lowest BCUT2D eigenvalue weighted by Crippen LogP contribution is -2.21. The van der Waals surface area contributed by atoms with Crippen molar-refractivity contribution in [2.45, 2.75) is 13.0 Å². The lowest BCUT2D eigenvalue weighted by Gasteiger charge is -2.08. The average Bonchev–Trinajstić information content (AvgIpc) is 2.70. The van der Waals surface area contributed by atoms with Crippen LogP contribution in [0.3, 0.4) is 0 Å². The van der Waals surface area contributed by atoms with Gasteiger partial charge in [0.1, 0.15) is 5.65 Å². The smallest absolute Gasteiger partial charge is 0.137 e. The number of hydrogen-bond donors (Lipinski definition) is 1. The molecule has 0 saturated carbocycles. The summed E-state index contributed by atoms with van der Waals surface area (Å²) in [6.45, 7) is 2.91. The number of nitrogens with one attached hydrogen (secondary N) is 1. The average molecular weight is 267 g/mol. The van der Waals surface area contributed by atoms with Gasteiger partial charge in [-0.3, -0.25) is 0 Å². The van der Waals surface area contributed by atoms with E-state index < -0.39 is 0 Å². The first-order valence-electron chi connectivity index (χ1n) is 6.14. The molecular formula is C13H19ClN4. The van der Waals surface area contributed by atoms with Crippen LogP contribution in [-0.2, 0) is 6.54 Å². The van der Waals surface area contributed by atoms with Crippen molar-refractivity contribution in [3.8, 4) is 0 Å². The van der Waals surface area contributed by atoms with Gasteiger partial charge in [-0.2, -0.15) is 0 Å². The van der Waals surface area contributed by atoms with Crippen molar-refractivity contribution in [3.63, 3.8) is 0 Å². The van der Waals surface area contributed by atoms with Crippen LogP contribution in [0.15, 0.2) is 24.5 Å². The van der Waals surface area contributed by atoms with Crippen molar-refractivity contribution in [1.82, 2.24) is 19.6 Å². The molecule has 0 atom stereocenters. The van der Waals surface area contributed by atoms with Crippen molar-refractivity contribution in [2.24, 2.45) is 0 Å². The van der Waals surface area contributed by atoms with Gasteiger partial charge in [-0.1, -0.05) is 11.6 Å². The van der Waals surface area contributed by atoms with Gasteiger partial charge in [-0.05, 0) is 45.7 Å². The molecule has 18 heavy (non-hydrogen) atoms. The van der Waals surface area contributed by atoms with E-state index >= 15 is 0 Å². The number of nitrogens with zero attached hydrogens (tertiary/aromatic N) is 3. The normalized spacial score (nSPS) is 11.6. The molecule has 0 unspecified atom stereocenters. The molecule has 2 rings (SSSR count). The molecule has 98 valence electrons. The zero-order valence-corrected chi connectivity index (χ0v) is 11.6. The number of halogens is 1. The predicted octanol–water partition coefficient (Wildman–Crippen LogP) is 2.03. The molecule has 0 fully saturated rings. The molecule has 1 N–H and O–H groups in total. The summed E-state index contributed by atoms with van der Waals surface area (Å²) in [5.74, 6) is 0. The fourth-order valence-electron chi connectivity index (χ4n) is 1.84. The SMILES string of the molecule is CN(C)CCCNCc1cn2cc(Cl)ccc2n1. The van der Waals surface area contributed by atoms with E-state index in [-0.39, 0.29) is 0 Å². The van der Waals surface area contributed by atoms with Crippen LogP contribution in [0.5, 0.6) is 0 Å². The van der Waals surface area contributed by atoms with E-state index in [2.05, 4.69) is 29.3 Å². The first kappa shape index (κ1) is 13.3. The Morgan fingerprint density at radius 2 is 2.17 bits per heavy atom. The van der Waals surface area contributed by atoms with Crippen molar-refractivity contribution < 1.29 is 0 Å². The van der Waals surface area contributed by atoms with E-state index in [9.17, 15) is 0 Å². The van der Waals surface area contributed by atoms with Gasteiger partial charge in [0.2, 0.25) is 0 Å². The molecule has 0 aliphatic carbocycles. The van der Waals surface area contributed by atoms with Crippen molar-refractivity contribution in [2.75, 3.05) is 27.2 Å². The number of pyridine rings is 1. The topological polar surface area (TPSA) is 32.6 Å². The third kappa shape index (κ3) is 3.70. The van der Waals surface area contributed by atoms with Gasteiger partial charge < -0.3 is 14.6 Å². The van der Waals surface area contributed by atoms with Gasteiger partial charge in [0.05, 0.1) is 10.7 Å². The molecule has 0 aliphatic rings. The second-order valence-electron chi connectivity index (χ2n) is 4.68. The number of hydrogen-bond acceptors (Lipinski definition) is 3. The lowest BCUT2D eigenvalue weighted by atomic mass is 10.4. The van der Waals surface area contributed by atoms with Crippen LogP contribution in [0, 0.1) is 0 Å². The molecule has 2 aromatic rings. The Hall–Kier alpha value is -1.10. The molecule has 0 radical (unpaired) electrons. The molecule has 5 heteroatoms. The molecule has 0 spiro atoms. The molecule has 0 bridgehead atoms. The number of fused-ring (bicyclic) bond motifs is 1. The highest BCUT2D eigenvalue weighted by Gasteiger charge is 2.01. The summed E-state index contributed by atoms with van der Waals surface area (Å²) in [4.78, 5) is 6.71. The van der Waals surface area contributed by atoms with E-state index in [1.807, 2.05) is 28.9 Å². The number of rotatable bonds is 6. The van der Waals surface area contributed by atoms with E-state index in [0.29, 0.717) is 0 Å². The fourth-order valence-corrected chi connectivity index (χ4v) is 2.01. The predicted molar refractivity (Wildman–Crippen MR) is 75.1 cm³/mol. The molecule has 0 saturated heterocycles. The standard InChI is InChI=1S/C13H19ClN4/c1-17(2)7-3-6-15-8-12-10-18-9-11(14)4-5-13(18)16-12/h4-5,9-10,15H,3,6-8H2,1-2H3. The van der Waals surface area contributed by atoms with Gasteiger partial charge in [0.25, 0.3) is 0 Å². The quantitative estimate of drug-likeness (QED) is 0.812. The molecular weight excluding hydrogens is 248 g/mol. The van der Waals surface area contributed by atoms with Crippen molar-refractivity contribution in [3.05, 3.63) is 35.2 Å². The van der Waals surface area contributed by atoms with Crippen LogP contribution in [0.4, 0.5) is 0 Å². The Morgan fingerprint density at radius 1 is 1.33 bits per heavy atom. The summed E-state index contributed by atoms with van der Waals surface area (Å²) in [6, 6.07) is 3.79. The lowest BCUT2D eigenvalue weighted by molar-refractivity contribution is 0.394. The summed E-state index contributed by atoms with van der Waals surface area (Å²) < 4.78 is 1.96. The highest BCUT2D eigenvalue weighted by atomic mass is 35.5. The van der Waals surface area contributed by atoms with Gasteiger partial charge >= 0.3 is 0 Å². The monoisotopic (exact) mass is 266 g/mol. The van der Waals surface area contributed by atoms with Crippen LogP contribution in [-0.4, -0.2) is 41.5 Å². The van der Waals surface area contributed by atoms with E-state index in [4.69, 9.17) is 11.6 Å². The Balaban J connectivity index is 1.84. The molecule has 4 nitrogen and oxygen atoms in total. The minimum absolute atomic E-state index is 0.727. The maximum atomic E-state index is 5.93. The molecule has 0 aromatic carbocycles. The Bertz CT molecular complexity index is 507. The minimum Gasteiger partial charge on any atom is -0.311 e. The first-order valence-corrected chi connectivity index (χ1v) is 6.51. The second kappa shape index (κ2) is 6.18. The van der Waals surface area contributed by atoms with Gasteiger partial charge in [0, 0.05) is 18.9 Å². The number of imidazole rings is 1. The Morgan fingerprint density at radius 3 is 2.94 bits per heavy atom. The molecule has 2 heterocycles. The summed E-state index contributed by atoms with van der Waals surface area (Å²) in [6.07, 6.45) is 5.03. The zero-order chi connectivity index (χ0) is 13.0. The highest BCUT2D eigenvalue weighted by Crippen LogP contribution is 2.11. The summed E-state index contributed by atoms with van der Waals surface area (Å²) in [5, 5.41) is 4.12. The third-order valence-corrected chi connectivity index (χ3v) is 2.95. The largest absolute Gasteiger partial charge is 0.311 e. The van der Waals surface area contributed by atoms with E-state index in [1.165, 1.54) is 0 Å². The zero-order valence-electron chi connectivity index (χ0n) is 10.9. The van der Waals surface area contributed by atoms with Gasteiger partial charge in [0.15, 0.2) is 0 Å². The van der Waals surface area contributed by atoms with Gasteiger partial charge in [-0.15, -0.1) is 0 Å². The minimum atomic E-state index is 0.727. The summed E-state index contributed by atoms with van der Waals surface area (Å²) >= 11 is 5.93. The van der Waals surface area contributed by atoms with Crippen LogP contribution >= 0.6 is 11.6 Å². The molecule has 0 aliphatic heterocycles. The van der Waals surface area contributed by atoms with Crippen molar-refractivity contribution in [1.29, 1.82) is 0 Å². The maximum absolute atomic E-state index is 5.93. The van der Waals surface area contributed by atoms with Crippen LogP contribution in [0.25, 0.3) is 5.65 Å². The first-order chi connectivity index (χ1) is 8.65. The summed E-state index contributed by atoms with van der Waals surface area (Å²) in [5.41, 5.74) is 1.98. The van der Waals surface area contributed by atoms with E-state index in [0.717, 1.165) is 42.4 Å². The van der Waals surface area contributed by atoms with Crippen LogP contribution in [0.2, 0.25) is 5.02 Å². The highest BCUT2D eigenvalue weighted by molar-refractivity contribution is 6.30. The summed E-state index contributed by atoms with van der Waals surface area (Å²) in [7, 11) is 4.18. The Labute approximate surface area is 113 Å².